The van der Waals surface area contributed by atoms with Gasteiger partial charge in [-0.15, -0.1) is 13.2 Å². The first-order chi connectivity index (χ1) is 7.09. The molecule has 9 heteroatoms. The third kappa shape index (κ3) is 3.46. The van der Waals surface area contributed by atoms with Crippen molar-refractivity contribution in [3.63, 3.8) is 0 Å². The van der Waals surface area contributed by atoms with Crippen LogP contribution in [0.25, 0.3) is 0 Å². The highest BCUT2D eigenvalue weighted by atomic mass is 35.7. The van der Waals surface area contributed by atoms with Gasteiger partial charge in [-0.2, -0.15) is 0 Å². The molecular formula is C7H4ClF3O4S. The van der Waals surface area contributed by atoms with Crippen molar-refractivity contribution in [2.24, 2.45) is 0 Å². The van der Waals surface area contributed by atoms with Gasteiger partial charge < -0.3 is 9.84 Å². The molecule has 0 aromatic heterocycles. The average Bonchev–Trinajstić information content (AvgIpc) is 1.97. The van der Waals surface area contributed by atoms with Crippen molar-refractivity contribution in [3.05, 3.63) is 18.2 Å². The summed E-state index contributed by atoms with van der Waals surface area (Å²) >= 11 is 0. The summed E-state index contributed by atoms with van der Waals surface area (Å²) in [5.74, 6) is -1.66. The maximum atomic E-state index is 11.9. The molecule has 0 aliphatic carbocycles. The van der Waals surface area contributed by atoms with Gasteiger partial charge in [0.05, 0.1) is 0 Å². The number of benzene rings is 1. The van der Waals surface area contributed by atoms with Crippen LogP contribution in [0.3, 0.4) is 0 Å². The molecule has 0 saturated heterocycles. The van der Waals surface area contributed by atoms with Crippen LogP contribution in [-0.2, 0) is 9.05 Å². The van der Waals surface area contributed by atoms with Crippen LogP contribution < -0.4 is 4.74 Å². The Morgan fingerprint density at radius 2 is 1.88 bits per heavy atom. The highest BCUT2D eigenvalue weighted by Gasteiger charge is 2.34. The molecule has 4 nitrogen and oxygen atoms in total. The van der Waals surface area contributed by atoms with Gasteiger partial charge in [-0.25, -0.2) is 8.42 Å². The lowest BCUT2D eigenvalue weighted by Crippen LogP contribution is -2.18. The van der Waals surface area contributed by atoms with Crippen LogP contribution in [0, 0.1) is 0 Å². The van der Waals surface area contributed by atoms with Crippen molar-refractivity contribution < 1.29 is 31.4 Å². The molecule has 0 heterocycles. The fourth-order valence-electron chi connectivity index (χ4n) is 0.903. The minimum Gasteiger partial charge on any atom is -0.508 e. The van der Waals surface area contributed by atoms with Crippen LogP contribution in [0.15, 0.2) is 23.1 Å². The molecule has 1 aromatic carbocycles. The number of phenolic OH excluding ortho intramolecular Hbond substituents is 1. The van der Waals surface area contributed by atoms with E-state index in [1.54, 1.807) is 0 Å². The summed E-state index contributed by atoms with van der Waals surface area (Å²) in [6, 6.07) is 2.08. The van der Waals surface area contributed by atoms with Crippen LogP contribution in [-0.4, -0.2) is 19.9 Å². The number of halogens is 4. The van der Waals surface area contributed by atoms with Crippen LogP contribution in [0.2, 0.25) is 0 Å². The highest BCUT2D eigenvalue weighted by molar-refractivity contribution is 8.13. The van der Waals surface area contributed by atoms with Gasteiger partial charge in [0, 0.05) is 16.7 Å². The molecule has 1 N–H and O–H groups in total. The van der Waals surface area contributed by atoms with E-state index in [-0.39, 0.29) is 0 Å². The molecule has 16 heavy (non-hydrogen) atoms. The topological polar surface area (TPSA) is 63.6 Å². The van der Waals surface area contributed by atoms with Crippen molar-refractivity contribution in [1.29, 1.82) is 0 Å². The third-order valence-corrected chi connectivity index (χ3v) is 2.78. The standard InChI is InChI=1S/C7H4ClF3O4S/c8-16(13,14)6-2-1-4(12)3-5(6)15-7(9,10)11/h1-3,12H. The van der Waals surface area contributed by atoms with E-state index in [2.05, 4.69) is 4.74 Å². The Labute approximate surface area is 92.6 Å². The Balaban J connectivity index is 3.30. The molecule has 1 aromatic rings. The summed E-state index contributed by atoms with van der Waals surface area (Å²) in [5, 5.41) is 8.91. The summed E-state index contributed by atoms with van der Waals surface area (Å²) in [6.45, 7) is 0. The van der Waals surface area contributed by atoms with Gasteiger partial charge in [0.15, 0.2) is 5.75 Å². The van der Waals surface area contributed by atoms with Crippen molar-refractivity contribution in [1.82, 2.24) is 0 Å². The van der Waals surface area contributed by atoms with Crippen LogP contribution in [0.1, 0.15) is 0 Å². The second kappa shape index (κ2) is 4.02. The van der Waals surface area contributed by atoms with Crippen LogP contribution >= 0.6 is 10.7 Å². The van der Waals surface area contributed by atoms with E-state index in [1.807, 2.05) is 0 Å². The lowest BCUT2D eigenvalue weighted by Gasteiger charge is -2.11. The molecule has 1 rings (SSSR count). The molecule has 0 atom stereocenters. The molecule has 0 amide bonds. The van der Waals surface area contributed by atoms with Crippen molar-refractivity contribution >= 4 is 19.7 Å². The van der Waals surface area contributed by atoms with E-state index in [1.165, 1.54) is 0 Å². The maximum absolute atomic E-state index is 11.9. The number of hydrogen-bond acceptors (Lipinski definition) is 4. The summed E-state index contributed by atoms with van der Waals surface area (Å²) in [7, 11) is 0.502. The van der Waals surface area contributed by atoms with Gasteiger partial charge in [-0.3, -0.25) is 0 Å². The van der Waals surface area contributed by atoms with Crippen LogP contribution in [0.4, 0.5) is 13.2 Å². The van der Waals surface area contributed by atoms with E-state index < -0.39 is 31.8 Å². The normalized spacial score (nSPS) is 12.5. The molecule has 0 unspecified atom stereocenters. The molecule has 0 saturated carbocycles. The van der Waals surface area contributed by atoms with Crippen molar-refractivity contribution in [2.75, 3.05) is 0 Å². The van der Waals surface area contributed by atoms with E-state index in [0.29, 0.717) is 12.1 Å². The van der Waals surface area contributed by atoms with Gasteiger partial charge in [-0.1, -0.05) is 0 Å². The summed E-state index contributed by atoms with van der Waals surface area (Å²) in [6.07, 6.45) is -5.08. The molecule has 0 aliphatic rings. The number of aromatic hydroxyl groups is 1. The predicted octanol–water partition coefficient (Wildman–Crippen LogP) is 2.22. The van der Waals surface area contributed by atoms with E-state index in [9.17, 15) is 21.6 Å². The minimum atomic E-state index is -5.08. The van der Waals surface area contributed by atoms with Crippen LogP contribution in [0.5, 0.6) is 11.5 Å². The lowest BCUT2D eigenvalue weighted by molar-refractivity contribution is -0.275. The minimum absolute atomic E-state index is 0.503. The fourth-order valence-corrected chi connectivity index (χ4v) is 1.86. The number of phenols is 1. The third-order valence-electron chi connectivity index (χ3n) is 1.42. The average molecular weight is 277 g/mol. The smallest absolute Gasteiger partial charge is 0.508 e. The van der Waals surface area contributed by atoms with Crippen molar-refractivity contribution in [3.8, 4) is 11.5 Å². The first-order valence-electron chi connectivity index (χ1n) is 3.63. The Hall–Kier alpha value is -1.15. The largest absolute Gasteiger partial charge is 0.573 e. The summed E-state index contributed by atoms with van der Waals surface area (Å²) < 4.78 is 60.9. The predicted molar refractivity (Wildman–Crippen MR) is 47.8 cm³/mol. The zero-order valence-corrected chi connectivity index (χ0v) is 8.90. The van der Waals surface area contributed by atoms with E-state index in [0.717, 1.165) is 6.07 Å². The molecule has 90 valence electrons. The Kier molecular flexibility index (Phi) is 3.25. The molecule has 0 spiro atoms. The Morgan fingerprint density at radius 3 is 2.31 bits per heavy atom. The molecule has 0 fully saturated rings. The van der Waals surface area contributed by atoms with E-state index in [4.69, 9.17) is 15.8 Å². The fraction of sp³-hybridized carbons (Fsp3) is 0.143. The second-order valence-corrected chi connectivity index (χ2v) is 5.15. The second-order valence-electron chi connectivity index (χ2n) is 2.62. The number of ether oxygens (including phenoxy) is 1. The van der Waals surface area contributed by atoms with Gasteiger partial charge in [0.2, 0.25) is 0 Å². The van der Waals surface area contributed by atoms with E-state index >= 15 is 0 Å². The zero-order valence-electron chi connectivity index (χ0n) is 7.32. The van der Waals surface area contributed by atoms with Gasteiger partial charge in [-0.05, 0) is 12.1 Å². The first kappa shape index (κ1) is 12.9. The number of hydrogen-bond donors (Lipinski definition) is 1. The van der Waals surface area contributed by atoms with Gasteiger partial charge in [0.1, 0.15) is 10.6 Å². The number of rotatable bonds is 2. The zero-order chi connectivity index (χ0) is 12.6. The lowest BCUT2D eigenvalue weighted by atomic mass is 10.3. The SMILES string of the molecule is O=S(=O)(Cl)c1ccc(O)cc1OC(F)(F)F. The van der Waals surface area contributed by atoms with Gasteiger partial charge >= 0.3 is 6.36 Å². The summed E-state index contributed by atoms with van der Waals surface area (Å²) in [4.78, 5) is -0.871. The summed E-state index contributed by atoms with van der Waals surface area (Å²) in [5.41, 5.74) is 0. The molecule has 0 radical (unpaired) electrons. The Morgan fingerprint density at radius 1 is 1.31 bits per heavy atom. The van der Waals surface area contributed by atoms with Crippen molar-refractivity contribution in [2.45, 2.75) is 11.3 Å². The number of alkyl halides is 3. The maximum Gasteiger partial charge on any atom is 0.573 e. The molecule has 0 bridgehead atoms. The molecule has 0 aliphatic heterocycles. The molecular weight excluding hydrogens is 273 g/mol. The first-order valence-corrected chi connectivity index (χ1v) is 5.94. The highest BCUT2D eigenvalue weighted by Crippen LogP contribution is 2.34. The van der Waals surface area contributed by atoms with Gasteiger partial charge in [0.25, 0.3) is 9.05 Å². The Bertz CT molecular complexity index is 497. The quantitative estimate of drug-likeness (QED) is 0.841. The monoisotopic (exact) mass is 276 g/mol.